The fourth-order valence-electron chi connectivity index (χ4n) is 8.46. The van der Waals surface area contributed by atoms with Crippen molar-refractivity contribution in [3.63, 3.8) is 0 Å². The maximum absolute atomic E-state index is 12.6. The average molecular weight is 799 g/mol. The van der Waals surface area contributed by atoms with E-state index in [-0.39, 0.29) is 51.0 Å². The van der Waals surface area contributed by atoms with Gasteiger partial charge in [-0.05, 0) is 68.0 Å². The Kier molecular flexibility index (Phi) is 15.1. The molecule has 2 aliphatic heterocycles. The topological polar surface area (TPSA) is 67.2 Å². The Labute approximate surface area is 336 Å². The Hall–Kier alpha value is -3.01. The summed E-state index contributed by atoms with van der Waals surface area (Å²) in [6.45, 7) is 9.84. The van der Waals surface area contributed by atoms with Crippen molar-refractivity contribution >= 4 is 0 Å². The van der Waals surface area contributed by atoms with Crippen LogP contribution in [0.25, 0.3) is 0 Å². The van der Waals surface area contributed by atoms with Crippen LogP contribution in [-0.4, -0.2) is 50.3 Å². The third kappa shape index (κ3) is 8.37. The van der Waals surface area contributed by atoms with Gasteiger partial charge in [0.05, 0.1) is 0 Å². The molecular weight excluding hydrogens is 747 g/mol. The molecule has 0 spiro atoms. The second-order valence-electron chi connectivity index (χ2n) is 13.7. The molecule has 5 aromatic carbocycles. The molecule has 0 aromatic heterocycles. The summed E-state index contributed by atoms with van der Waals surface area (Å²) in [5, 5.41) is 37.2. The van der Waals surface area contributed by atoms with Crippen LogP contribution in [0.4, 0.5) is 0 Å². The summed E-state index contributed by atoms with van der Waals surface area (Å²) in [6, 6.07) is 43.9. The molecule has 5 aromatic rings. The SMILES string of the molecule is Cc1cc(CN2CCC[C@H]2C(O)(c2ccccc2)c2ccccc2)c(O)c(CN2CCC[C@H]2C(O)(c2ccccc2)c2ccccc2)c1.[CH2-]C.[Zn].[Zn]. The van der Waals surface area contributed by atoms with Crippen LogP contribution in [0.1, 0.15) is 71.6 Å². The first-order valence-corrected chi connectivity index (χ1v) is 18.1. The molecule has 0 radical (unpaired) electrons. The van der Waals surface area contributed by atoms with Crippen molar-refractivity contribution in [2.45, 2.75) is 75.9 Å². The molecule has 2 atom stereocenters. The maximum Gasteiger partial charge on any atom is 0.130 e. The summed E-state index contributed by atoms with van der Waals surface area (Å²) < 4.78 is 0. The molecule has 2 saturated heterocycles. The van der Waals surface area contributed by atoms with Crippen molar-refractivity contribution < 1.29 is 54.3 Å². The Morgan fingerprint density at radius 2 is 0.846 bits per heavy atom. The van der Waals surface area contributed by atoms with Crippen molar-refractivity contribution in [2.24, 2.45) is 0 Å². The van der Waals surface area contributed by atoms with Gasteiger partial charge in [0.25, 0.3) is 0 Å². The van der Waals surface area contributed by atoms with E-state index in [1.165, 1.54) is 0 Å². The predicted octanol–water partition coefficient (Wildman–Crippen LogP) is 8.34. The summed E-state index contributed by atoms with van der Waals surface area (Å²) in [5.41, 5.74) is 3.98. The van der Waals surface area contributed by atoms with Crippen molar-refractivity contribution in [1.82, 2.24) is 9.80 Å². The molecule has 0 aliphatic carbocycles. The second-order valence-corrected chi connectivity index (χ2v) is 13.7. The average Bonchev–Trinajstić information content (AvgIpc) is 3.85. The molecule has 0 bridgehead atoms. The van der Waals surface area contributed by atoms with Gasteiger partial charge in [-0.3, -0.25) is 9.80 Å². The minimum absolute atomic E-state index is 0. The van der Waals surface area contributed by atoms with E-state index in [1.54, 1.807) is 6.92 Å². The predicted molar refractivity (Wildman–Crippen MR) is 203 cm³/mol. The molecule has 0 amide bonds. The molecule has 2 aliphatic rings. The standard InChI is InChI=1S/C43H46N2O3.C2H5.2Zn/c1-32-28-33(30-44-26-14-24-39(44)42(47,35-16-6-2-7-17-35)36-18-8-3-9-19-36)41(46)34(29-32)31-45-27-15-25-40(45)43(48,37-20-10-4-11-21-37)38-22-12-5-13-23-38;1-2;;/h2-13,16-23,28-29,39-40,46-48H,14-15,24-27,30-31H2,1H3;1H2,2H3;;/q;-1;;/t39-,40-;;;/m0.../s1. The fourth-order valence-corrected chi connectivity index (χ4v) is 8.46. The van der Waals surface area contributed by atoms with Crippen LogP contribution in [0.3, 0.4) is 0 Å². The summed E-state index contributed by atoms with van der Waals surface area (Å²) >= 11 is 0. The maximum atomic E-state index is 12.6. The Bertz CT molecular complexity index is 1600. The number of aryl methyl sites for hydroxylation is 1. The van der Waals surface area contributed by atoms with Gasteiger partial charge in [0.2, 0.25) is 0 Å². The molecule has 2 fully saturated rings. The van der Waals surface area contributed by atoms with Crippen molar-refractivity contribution in [2.75, 3.05) is 13.1 Å². The number of likely N-dealkylation sites (tertiary alicyclic amines) is 2. The molecule has 2 heterocycles. The van der Waals surface area contributed by atoms with Crippen LogP contribution >= 0.6 is 0 Å². The molecule has 7 heteroatoms. The zero-order valence-corrected chi connectivity index (χ0v) is 36.8. The first kappa shape index (κ1) is 41.7. The molecule has 264 valence electrons. The zero-order chi connectivity index (χ0) is 35.1. The normalized spacial score (nSPS) is 17.8. The first-order valence-electron chi connectivity index (χ1n) is 18.1. The number of aromatic hydroxyl groups is 1. The van der Waals surface area contributed by atoms with Crippen molar-refractivity contribution in [3.8, 4) is 5.75 Å². The van der Waals surface area contributed by atoms with Gasteiger partial charge in [-0.15, -0.1) is 0 Å². The number of phenolic OH excluding ortho intramolecular Hbond substituents is 1. The monoisotopic (exact) mass is 795 g/mol. The summed E-state index contributed by atoms with van der Waals surface area (Å²) in [5.74, 6) is 0.308. The number of phenols is 1. The molecule has 52 heavy (non-hydrogen) atoms. The number of nitrogens with zero attached hydrogens (tertiary/aromatic N) is 2. The Balaban J connectivity index is 0.00000149. The van der Waals surface area contributed by atoms with E-state index in [1.807, 2.05) is 121 Å². The van der Waals surface area contributed by atoms with E-state index in [0.29, 0.717) is 18.8 Å². The van der Waals surface area contributed by atoms with Crippen LogP contribution in [0.15, 0.2) is 133 Å². The number of aliphatic hydroxyl groups is 2. The molecule has 0 unspecified atom stereocenters. The van der Waals surface area contributed by atoms with Gasteiger partial charge in [0.15, 0.2) is 0 Å². The van der Waals surface area contributed by atoms with E-state index in [2.05, 4.69) is 35.8 Å². The van der Waals surface area contributed by atoms with Gasteiger partial charge in [0, 0.05) is 75.3 Å². The minimum atomic E-state index is -1.19. The van der Waals surface area contributed by atoms with Gasteiger partial charge in [-0.1, -0.05) is 139 Å². The largest absolute Gasteiger partial charge is 0.507 e. The van der Waals surface area contributed by atoms with Crippen LogP contribution in [0.2, 0.25) is 0 Å². The minimum Gasteiger partial charge on any atom is -0.507 e. The van der Waals surface area contributed by atoms with Gasteiger partial charge in [0.1, 0.15) is 17.0 Å². The van der Waals surface area contributed by atoms with Gasteiger partial charge < -0.3 is 22.2 Å². The summed E-state index contributed by atoms with van der Waals surface area (Å²) in [6.07, 6.45) is 3.65. The van der Waals surface area contributed by atoms with Crippen molar-refractivity contribution in [3.05, 3.63) is 179 Å². The van der Waals surface area contributed by atoms with Crippen LogP contribution < -0.4 is 0 Å². The zero-order valence-electron chi connectivity index (χ0n) is 30.9. The summed E-state index contributed by atoms with van der Waals surface area (Å²) in [7, 11) is 0. The molecular formula is C45H51N2O3Zn2-. The van der Waals surface area contributed by atoms with Crippen molar-refractivity contribution in [1.29, 1.82) is 0 Å². The van der Waals surface area contributed by atoms with E-state index >= 15 is 0 Å². The molecule has 5 nitrogen and oxygen atoms in total. The third-order valence-corrected chi connectivity index (χ3v) is 10.7. The third-order valence-electron chi connectivity index (χ3n) is 10.7. The van der Waals surface area contributed by atoms with Crippen LogP contribution in [0, 0.1) is 13.8 Å². The van der Waals surface area contributed by atoms with E-state index in [9.17, 15) is 15.3 Å². The molecule has 7 rings (SSSR count). The number of hydrogen-bond acceptors (Lipinski definition) is 5. The van der Waals surface area contributed by atoms with E-state index in [0.717, 1.165) is 77.7 Å². The fraction of sp³-hybridized carbons (Fsp3) is 0.311. The van der Waals surface area contributed by atoms with E-state index in [4.69, 9.17) is 0 Å². The van der Waals surface area contributed by atoms with Gasteiger partial charge >= 0.3 is 0 Å². The number of hydrogen-bond donors (Lipinski definition) is 3. The van der Waals surface area contributed by atoms with E-state index < -0.39 is 11.2 Å². The quantitative estimate of drug-likeness (QED) is 0.0981. The van der Waals surface area contributed by atoms with Crippen LogP contribution in [0.5, 0.6) is 5.75 Å². The first-order chi connectivity index (χ1) is 24.4. The molecule has 3 N–H and O–H groups in total. The van der Waals surface area contributed by atoms with Gasteiger partial charge in [-0.25, -0.2) is 0 Å². The van der Waals surface area contributed by atoms with Crippen LogP contribution in [-0.2, 0) is 63.2 Å². The van der Waals surface area contributed by atoms with Gasteiger partial charge in [-0.2, -0.15) is 6.92 Å². The Morgan fingerprint density at radius 3 is 1.13 bits per heavy atom. The Morgan fingerprint density at radius 1 is 0.558 bits per heavy atom. The molecule has 0 saturated carbocycles. The number of rotatable bonds is 10. The second kappa shape index (κ2) is 18.8. The summed E-state index contributed by atoms with van der Waals surface area (Å²) in [4.78, 5) is 4.70. The number of benzene rings is 5. The smallest absolute Gasteiger partial charge is 0.130 e.